The van der Waals surface area contributed by atoms with Crippen molar-refractivity contribution in [2.24, 2.45) is 0 Å². The second-order valence-electron chi connectivity index (χ2n) is 15.6. The molecule has 12 rings (SSSR count). The monoisotopic (exact) mass is 1670 g/mol. The summed E-state index contributed by atoms with van der Waals surface area (Å²) in [5.74, 6) is 0.109. The molecule has 10 heterocycles. The lowest BCUT2D eigenvalue weighted by Gasteiger charge is -1.95. The van der Waals surface area contributed by atoms with Crippen molar-refractivity contribution in [1.29, 1.82) is 0 Å². The maximum absolute atomic E-state index is 11.7. The van der Waals surface area contributed by atoms with Crippen molar-refractivity contribution in [3.05, 3.63) is 146 Å². The second-order valence-corrected chi connectivity index (χ2v) is 35.7. The number of ketones is 1. The van der Waals surface area contributed by atoms with Crippen molar-refractivity contribution in [2.75, 3.05) is 18.6 Å². The van der Waals surface area contributed by atoms with Crippen molar-refractivity contribution < 1.29 is 14.7 Å². The first kappa shape index (κ1) is 82.5. The van der Waals surface area contributed by atoms with Crippen LogP contribution >= 0.6 is 271 Å². The molecule has 0 aliphatic heterocycles. The number of aryl methyl sites for hydroxylation is 3. The predicted octanol–water partition coefficient (Wildman–Crippen LogP) is 17.8. The number of aromatic amines is 11. The van der Waals surface area contributed by atoms with Crippen LogP contribution in [0.3, 0.4) is 0 Å². The number of carbonyl (C=O) groups is 2. The Balaban J connectivity index is 0.000000270. The van der Waals surface area contributed by atoms with Crippen LogP contribution in [0.1, 0.15) is 67.6 Å². The molecule has 0 aliphatic rings. The fourth-order valence-electron chi connectivity index (χ4n) is 5.07. The van der Waals surface area contributed by atoms with Crippen LogP contribution in [-0.2, 0) is 30.5 Å². The Morgan fingerprint density at radius 2 is 0.967 bits per heavy atom. The number of nitrogen functional groups attached to an aromatic ring is 1. The summed E-state index contributed by atoms with van der Waals surface area (Å²) in [4.78, 5) is 22.2. The third-order valence-corrected chi connectivity index (χ3v) is 21.3. The van der Waals surface area contributed by atoms with E-state index in [1.807, 2.05) is 49.6 Å². The number of anilines is 1. The summed E-state index contributed by atoms with van der Waals surface area (Å²) >= 11 is 69.4. The number of thioether (sulfide) groups is 2. The highest BCUT2D eigenvalue weighted by Crippen LogP contribution is 2.24. The fourth-order valence-corrected chi connectivity index (χ4v) is 15.6. The number of nitrogens with two attached hydrogens (primary N) is 1. The summed E-state index contributed by atoms with van der Waals surface area (Å²) in [6.45, 7) is 5.79. The van der Waals surface area contributed by atoms with E-state index in [0.717, 1.165) is 93.0 Å². The van der Waals surface area contributed by atoms with Crippen LogP contribution in [0.15, 0.2) is 74.9 Å². The third kappa shape index (κ3) is 40.0. The fraction of sp³-hybridized carbons (Fsp3) is 0.244. The van der Waals surface area contributed by atoms with Crippen LogP contribution in [0.5, 0.6) is 0 Å². The molecule has 0 bridgehead atoms. The highest BCUT2D eigenvalue weighted by Gasteiger charge is 2.10. The van der Waals surface area contributed by atoms with Gasteiger partial charge in [-0.15, -0.1) is 5.10 Å². The molecule has 14 N–H and O–H groups in total. The van der Waals surface area contributed by atoms with Gasteiger partial charge in [0.25, 0.3) is 0 Å². The van der Waals surface area contributed by atoms with Gasteiger partial charge in [-0.25, -0.2) is 0 Å². The molecule has 0 radical (unpaired) electrons. The highest BCUT2D eigenvalue weighted by atomic mass is 32.2. The summed E-state index contributed by atoms with van der Waals surface area (Å²) in [7, 11) is 0. The van der Waals surface area contributed by atoms with Crippen molar-refractivity contribution in [1.82, 2.24) is 102 Å². The highest BCUT2D eigenvalue weighted by molar-refractivity contribution is 8.15. The minimum Gasteiger partial charge on any atom is -0.396 e. The zero-order valence-electron chi connectivity index (χ0n) is 47.6. The lowest BCUT2D eigenvalue weighted by atomic mass is 10.2. The molecule has 0 unspecified atom stereocenters. The molecule has 0 fully saturated rings. The number of carbonyl (C=O) groups excluding carboxylic acids is 2. The number of nitrogens with zero attached hydrogens (tertiary/aromatic N) is 9. The van der Waals surface area contributed by atoms with Crippen molar-refractivity contribution in [2.45, 2.75) is 68.0 Å². The van der Waals surface area contributed by atoms with Gasteiger partial charge in [-0.05, 0) is 185 Å². The van der Waals surface area contributed by atoms with Gasteiger partial charge in [-0.3, -0.25) is 65.7 Å². The standard InChI is InChI=1S/C9H6N2OS3.C9H8N2S2.C5H6N2OS2.C5H8N2OS2.C5H8N2S2.C3H4N2S3.C3H4N2S2.C2H3N3S2.C2H2N2S3.C2H2N2S2/c12-7(6-4-2-1-3-5-6)14-9-11-10-8(13)15-9;12-9-11-10-8(13-9)6-7-4-2-1-3-5-7;1-3(8)2-4-6-7-5(9)10-4;8-3-1-2-4-6-7-5(9)10-4;1-2-3-4-6-7-5(8)9-4;1-7-3-5-4-2(6)8-3;1-2-4-5-3(6)7-2;3-1-4-5-2(6)7-1;5-1-3-4-2(6)7-1;5-2-4-3-1-6-2/h1-5H,(H,10,13);1-5H,6H2,(H,11,12);2H2,1H3,(H,7,9);8H,1-3H2,(H,7,9);2-3H2,1H3,(H,7,8);1H3,(H,4,6);1H3,(H,5,6);(H2,3,4)(H,5,6);(H,3,5)(H,4,6);1H,(H,4,5). The summed E-state index contributed by atoms with van der Waals surface area (Å²) in [5.41, 5.74) is 8.79. The smallest absolute Gasteiger partial charge is 0.226 e. The lowest BCUT2D eigenvalue weighted by Crippen LogP contribution is -1.94. The number of rotatable bonds is 12. The number of Topliss-reactive ketones (excluding diaryl/α,β-unsaturated/α-hetero) is 1. The molecule has 0 amide bonds. The van der Waals surface area contributed by atoms with E-state index in [0.29, 0.717) is 45.2 Å². The van der Waals surface area contributed by atoms with Gasteiger partial charge in [0.15, 0.2) is 52.2 Å². The molecule has 92 heavy (non-hydrogen) atoms. The average Bonchev–Trinajstić information content (AvgIpc) is 4.00. The number of H-pyrrole nitrogens is 11. The van der Waals surface area contributed by atoms with E-state index in [1.54, 1.807) is 40.7 Å². The predicted molar refractivity (Wildman–Crippen MR) is 411 cm³/mol. The molecule has 47 heteroatoms. The maximum Gasteiger partial charge on any atom is 0.226 e. The first-order chi connectivity index (χ1) is 44.0. The largest absolute Gasteiger partial charge is 0.396 e. The number of benzene rings is 2. The zero-order chi connectivity index (χ0) is 67.6. The van der Waals surface area contributed by atoms with E-state index in [9.17, 15) is 9.59 Å². The second kappa shape index (κ2) is 48.9. The van der Waals surface area contributed by atoms with Crippen LogP contribution in [0.2, 0.25) is 0 Å². The quantitative estimate of drug-likeness (QED) is 0.0399. The Bertz CT molecular complexity index is 4530. The van der Waals surface area contributed by atoms with Gasteiger partial charge in [-0.1, -0.05) is 193 Å². The number of aliphatic hydroxyl groups is 1. The molecular formula is C45H51N21O3S23. The molecule has 0 spiro atoms. The Labute approximate surface area is 628 Å². The molecule has 0 atom stereocenters. The van der Waals surface area contributed by atoms with E-state index in [-0.39, 0.29) is 17.5 Å². The van der Waals surface area contributed by atoms with E-state index in [2.05, 4.69) is 145 Å². The van der Waals surface area contributed by atoms with Crippen LogP contribution in [0.25, 0.3) is 0 Å². The van der Waals surface area contributed by atoms with E-state index >= 15 is 0 Å². The number of hydrogen-bond donors (Lipinski definition) is 13. The van der Waals surface area contributed by atoms with Gasteiger partial charge in [-0.2, -0.15) is 40.8 Å². The number of aliphatic hydroxyl groups excluding tert-OH is 1. The van der Waals surface area contributed by atoms with Gasteiger partial charge in [0.05, 0.1) is 6.42 Å². The van der Waals surface area contributed by atoms with Crippen molar-refractivity contribution in [3.63, 3.8) is 0 Å². The molecule has 24 nitrogen and oxygen atoms in total. The minimum absolute atomic E-state index is 0.0200. The Morgan fingerprint density at radius 3 is 1.29 bits per heavy atom. The number of nitrogens with one attached hydrogen (secondary N) is 11. The number of aromatic nitrogens is 20. The van der Waals surface area contributed by atoms with Crippen LogP contribution in [0, 0.1) is 50.4 Å². The number of hydrogen-bond acceptors (Lipinski definition) is 36. The first-order valence-electron chi connectivity index (χ1n) is 24.9. The summed E-state index contributed by atoms with van der Waals surface area (Å²) in [6, 6.07) is 19.3. The van der Waals surface area contributed by atoms with Crippen LogP contribution in [0.4, 0.5) is 5.13 Å². The van der Waals surface area contributed by atoms with E-state index in [4.69, 9.17) is 121 Å². The molecule has 0 saturated heterocycles. The topological polar surface area (TPSA) is 370 Å². The SMILES string of the molecule is CC(=O)Cc1n[nH]c(=S)s1.CCCc1n[nH]c(=S)s1.CSc1n[nH]c(=S)s1.Cc1n[nH]c(=S)s1.Nc1n[nH]c(=S)s1.O=C(Sc1n[nH]c(=S)s1)c1ccccc1.OCCCc1n[nH]c(=S)s1.S=c1[nH][nH]c(=S)s1.S=c1[nH]nc(Cc2ccccc2)s1.S=c1[nH]ncs1. The Morgan fingerprint density at radius 1 is 0.511 bits per heavy atom. The zero-order valence-corrected chi connectivity index (χ0v) is 66.3. The third-order valence-electron chi connectivity index (χ3n) is 8.56. The van der Waals surface area contributed by atoms with Gasteiger partial charge in [0, 0.05) is 31.4 Å². The maximum atomic E-state index is 11.7. The molecule has 0 saturated carbocycles. The molecular weight excluding hydrogens is 1620 g/mol. The van der Waals surface area contributed by atoms with E-state index < -0.39 is 0 Å². The van der Waals surface area contributed by atoms with Gasteiger partial charge in [0.2, 0.25) is 10.2 Å². The normalized spacial score (nSPS) is 9.71. The summed E-state index contributed by atoms with van der Waals surface area (Å²) in [5, 5.41) is 77.7. The lowest BCUT2D eigenvalue weighted by molar-refractivity contribution is -0.116. The van der Waals surface area contributed by atoms with Crippen molar-refractivity contribution >= 4 is 287 Å². The van der Waals surface area contributed by atoms with Crippen molar-refractivity contribution in [3.8, 4) is 0 Å². The molecule has 12 aromatic rings. The van der Waals surface area contributed by atoms with Gasteiger partial charge in [0.1, 0.15) is 36.3 Å². The van der Waals surface area contributed by atoms with E-state index in [1.165, 1.54) is 115 Å². The van der Waals surface area contributed by atoms with Crippen LogP contribution in [-0.4, -0.2) is 131 Å². The van der Waals surface area contributed by atoms with Gasteiger partial charge >= 0.3 is 0 Å². The van der Waals surface area contributed by atoms with Gasteiger partial charge < -0.3 is 10.8 Å². The molecule has 2 aromatic carbocycles. The molecule has 492 valence electrons. The average molecular weight is 1670 g/mol. The summed E-state index contributed by atoms with van der Waals surface area (Å²) in [6.07, 6.45) is 6.97. The summed E-state index contributed by atoms with van der Waals surface area (Å²) < 4.78 is 9.31. The molecule has 0 aliphatic carbocycles. The Kier molecular flexibility index (Phi) is 43.8. The van der Waals surface area contributed by atoms with Crippen LogP contribution < -0.4 is 5.73 Å². The Hall–Kier alpha value is -3.74. The minimum atomic E-state index is -0.0200. The first-order valence-corrected chi connectivity index (χ1v) is 39.6. The molecule has 10 aromatic heterocycles.